The van der Waals surface area contributed by atoms with Crippen LogP contribution in [-0.2, 0) is 0 Å². The first-order valence-electron chi connectivity index (χ1n) is 4.02. The molecule has 0 unspecified atom stereocenters. The van der Waals surface area contributed by atoms with E-state index in [0.29, 0.717) is 18.7 Å². The van der Waals surface area contributed by atoms with Crippen LogP contribution in [-0.4, -0.2) is 18.6 Å². The minimum atomic E-state index is -0.907. The van der Waals surface area contributed by atoms with Gasteiger partial charge in [0.2, 0.25) is 0 Å². The Morgan fingerprint density at radius 2 is 1.79 bits per heavy atom. The van der Waals surface area contributed by atoms with Crippen LogP contribution < -0.4 is 5.32 Å². The van der Waals surface area contributed by atoms with Gasteiger partial charge in [0, 0.05) is 24.4 Å². The summed E-state index contributed by atoms with van der Waals surface area (Å²) in [5.41, 5.74) is -0.263. The average Bonchev–Trinajstić information content (AvgIpc) is 2.09. The number of halogens is 3. The Bertz CT molecular complexity index is 294. The summed E-state index contributed by atoms with van der Waals surface area (Å²) in [6, 6.07) is 1.31. The molecule has 1 aromatic rings. The molecule has 0 heterocycles. The van der Waals surface area contributed by atoms with Gasteiger partial charge in [0.25, 0.3) is 0 Å². The number of anilines is 1. The molecular weight excluding hydrogens is 211 g/mol. The van der Waals surface area contributed by atoms with Crippen LogP contribution in [0.25, 0.3) is 0 Å². The number of nitrogens with one attached hydrogen (secondary N) is 1. The Kier molecular flexibility index (Phi) is 4.13. The highest BCUT2D eigenvalue weighted by Crippen LogP contribution is 2.19. The first-order chi connectivity index (χ1) is 6.65. The normalized spacial score (nSPS) is 10.3. The van der Waals surface area contributed by atoms with Crippen molar-refractivity contribution in [3.8, 4) is 0 Å². The molecule has 5 heteroatoms. The second-order valence-electron chi connectivity index (χ2n) is 2.66. The Hall–Kier alpha value is -0.840. The summed E-state index contributed by atoms with van der Waals surface area (Å²) in [7, 11) is 0. The predicted octanol–water partition coefficient (Wildman–Crippen LogP) is 2.88. The third-order valence-electron chi connectivity index (χ3n) is 1.61. The molecule has 1 N–H and O–H groups in total. The van der Waals surface area contributed by atoms with Gasteiger partial charge in [-0.25, -0.2) is 13.2 Å². The fraction of sp³-hybridized carbons (Fsp3) is 0.333. The van der Waals surface area contributed by atoms with E-state index >= 15 is 0 Å². The number of hydrogen-bond donors (Lipinski definition) is 1. The van der Waals surface area contributed by atoms with E-state index < -0.39 is 17.5 Å². The summed E-state index contributed by atoms with van der Waals surface area (Å²) in [5, 5.41) is 2.57. The lowest BCUT2D eigenvalue weighted by Gasteiger charge is -2.07. The van der Waals surface area contributed by atoms with E-state index in [1.54, 1.807) is 11.8 Å². The highest BCUT2D eigenvalue weighted by Gasteiger charge is 2.10. The zero-order valence-corrected chi connectivity index (χ0v) is 8.43. The fourth-order valence-electron chi connectivity index (χ4n) is 0.989. The van der Waals surface area contributed by atoms with E-state index in [2.05, 4.69) is 5.32 Å². The number of benzene rings is 1. The van der Waals surface area contributed by atoms with Gasteiger partial charge in [0.15, 0.2) is 11.6 Å². The molecule has 1 rings (SSSR count). The standard InChI is InChI=1S/C9H10F3NS/c1-14-3-2-13-9-7(11)4-6(10)5-8(9)12/h4-5,13H,2-3H2,1H3. The van der Waals surface area contributed by atoms with Gasteiger partial charge >= 0.3 is 0 Å². The van der Waals surface area contributed by atoms with Gasteiger partial charge in [-0.15, -0.1) is 0 Å². The summed E-state index contributed by atoms with van der Waals surface area (Å²) < 4.78 is 38.5. The largest absolute Gasteiger partial charge is 0.379 e. The number of hydrogen-bond acceptors (Lipinski definition) is 2. The zero-order chi connectivity index (χ0) is 10.6. The van der Waals surface area contributed by atoms with Crippen molar-refractivity contribution in [2.45, 2.75) is 0 Å². The van der Waals surface area contributed by atoms with Crippen LogP contribution in [0.3, 0.4) is 0 Å². The molecule has 0 saturated carbocycles. The van der Waals surface area contributed by atoms with Crippen molar-refractivity contribution in [3.63, 3.8) is 0 Å². The molecule has 78 valence electrons. The second-order valence-corrected chi connectivity index (χ2v) is 3.65. The lowest BCUT2D eigenvalue weighted by atomic mass is 10.3. The van der Waals surface area contributed by atoms with Crippen LogP contribution >= 0.6 is 11.8 Å². The van der Waals surface area contributed by atoms with Crippen molar-refractivity contribution >= 4 is 17.4 Å². The Balaban J connectivity index is 2.75. The van der Waals surface area contributed by atoms with E-state index in [9.17, 15) is 13.2 Å². The van der Waals surface area contributed by atoms with Crippen LogP contribution in [0.15, 0.2) is 12.1 Å². The molecule has 0 aliphatic carbocycles. The zero-order valence-electron chi connectivity index (χ0n) is 7.61. The molecule has 0 spiro atoms. The SMILES string of the molecule is CSCCNc1c(F)cc(F)cc1F. The van der Waals surface area contributed by atoms with Crippen molar-refractivity contribution in [1.82, 2.24) is 0 Å². The van der Waals surface area contributed by atoms with Gasteiger partial charge < -0.3 is 5.32 Å². The van der Waals surface area contributed by atoms with Crippen LogP contribution in [0, 0.1) is 17.5 Å². The smallest absolute Gasteiger partial charge is 0.152 e. The van der Waals surface area contributed by atoms with E-state index in [0.717, 1.165) is 5.75 Å². The van der Waals surface area contributed by atoms with Crippen molar-refractivity contribution in [1.29, 1.82) is 0 Å². The van der Waals surface area contributed by atoms with E-state index in [-0.39, 0.29) is 5.69 Å². The molecule has 0 aromatic heterocycles. The predicted molar refractivity (Wildman–Crippen MR) is 53.2 cm³/mol. The lowest BCUT2D eigenvalue weighted by Crippen LogP contribution is -2.07. The quantitative estimate of drug-likeness (QED) is 0.784. The fourth-order valence-corrected chi connectivity index (χ4v) is 1.30. The van der Waals surface area contributed by atoms with Crippen LogP contribution in [0.5, 0.6) is 0 Å². The average molecular weight is 221 g/mol. The van der Waals surface area contributed by atoms with Crippen LogP contribution in [0.2, 0.25) is 0 Å². The maximum Gasteiger partial charge on any atom is 0.152 e. The van der Waals surface area contributed by atoms with Gasteiger partial charge in [0.05, 0.1) is 0 Å². The second kappa shape index (κ2) is 5.14. The van der Waals surface area contributed by atoms with Crippen molar-refractivity contribution in [2.24, 2.45) is 0 Å². The highest BCUT2D eigenvalue weighted by molar-refractivity contribution is 7.98. The molecule has 0 bridgehead atoms. The summed E-state index contributed by atoms with van der Waals surface area (Å²) >= 11 is 1.55. The molecule has 0 amide bonds. The van der Waals surface area contributed by atoms with Gasteiger partial charge in [-0.2, -0.15) is 11.8 Å². The lowest BCUT2D eigenvalue weighted by molar-refractivity contribution is 0.547. The Morgan fingerprint density at radius 1 is 1.21 bits per heavy atom. The maximum atomic E-state index is 13.0. The number of thioether (sulfide) groups is 1. The summed E-state index contributed by atoms with van der Waals surface area (Å²) in [5.74, 6) is -1.97. The minimum absolute atomic E-state index is 0.263. The third-order valence-corrected chi connectivity index (χ3v) is 2.23. The van der Waals surface area contributed by atoms with E-state index in [1.807, 2.05) is 6.26 Å². The van der Waals surface area contributed by atoms with Gasteiger partial charge in [-0.05, 0) is 6.26 Å². The molecule has 0 saturated heterocycles. The monoisotopic (exact) mass is 221 g/mol. The first kappa shape index (κ1) is 11.2. The highest BCUT2D eigenvalue weighted by atomic mass is 32.2. The molecule has 0 fully saturated rings. The molecule has 1 aromatic carbocycles. The Morgan fingerprint density at radius 3 is 2.29 bits per heavy atom. The molecule has 0 radical (unpaired) electrons. The molecular formula is C9H10F3NS. The summed E-state index contributed by atoms with van der Waals surface area (Å²) in [4.78, 5) is 0. The molecule has 0 atom stereocenters. The van der Waals surface area contributed by atoms with Crippen LogP contribution in [0.1, 0.15) is 0 Å². The molecule has 14 heavy (non-hydrogen) atoms. The maximum absolute atomic E-state index is 13.0. The Labute approximate surface area is 84.7 Å². The van der Waals surface area contributed by atoms with E-state index in [1.165, 1.54) is 0 Å². The molecule has 1 nitrogen and oxygen atoms in total. The van der Waals surface area contributed by atoms with E-state index in [4.69, 9.17) is 0 Å². The van der Waals surface area contributed by atoms with Crippen molar-refractivity contribution in [2.75, 3.05) is 23.9 Å². The topological polar surface area (TPSA) is 12.0 Å². The van der Waals surface area contributed by atoms with Crippen molar-refractivity contribution in [3.05, 3.63) is 29.6 Å². The minimum Gasteiger partial charge on any atom is -0.379 e. The van der Waals surface area contributed by atoms with Crippen LogP contribution in [0.4, 0.5) is 18.9 Å². The van der Waals surface area contributed by atoms with Gasteiger partial charge in [-0.3, -0.25) is 0 Å². The summed E-state index contributed by atoms with van der Waals surface area (Å²) in [6.07, 6.45) is 1.89. The van der Waals surface area contributed by atoms with Crippen molar-refractivity contribution < 1.29 is 13.2 Å². The summed E-state index contributed by atoms with van der Waals surface area (Å²) in [6.45, 7) is 0.445. The third kappa shape index (κ3) is 2.83. The molecule has 0 aliphatic rings. The molecule has 0 aliphatic heterocycles. The van der Waals surface area contributed by atoms with Gasteiger partial charge in [0.1, 0.15) is 11.5 Å². The first-order valence-corrected chi connectivity index (χ1v) is 5.42. The van der Waals surface area contributed by atoms with Gasteiger partial charge in [-0.1, -0.05) is 0 Å². The number of rotatable bonds is 4.